The van der Waals surface area contributed by atoms with Crippen molar-refractivity contribution >= 4 is 5.91 Å². The number of aromatic nitrogens is 1. The summed E-state index contributed by atoms with van der Waals surface area (Å²) >= 11 is 0. The van der Waals surface area contributed by atoms with Crippen molar-refractivity contribution in [1.29, 1.82) is 0 Å². The average Bonchev–Trinajstić information content (AvgIpc) is 3.20. The van der Waals surface area contributed by atoms with Gasteiger partial charge in [-0.15, -0.1) is 0 Å². The zero-order valence-corrected chi connectivity index (χ0v) is 16.2. The Morgan fingerprint density at radius 3 is 2.56 bits per heavy atom. The predicted molar refractivity (Wildman–Crippen MR) is 105 cm³/mol. The van der Waals surface area contributed by atoms with E-state index in [-0.39, 0.29) is 5.91 Å². The number of pyridine rings is 1. The molecule has 1 aliphatic carbocycles. The number of hydrogen-bond donors (Lipinski definition) is 0. The van der Waals surface area contributed by atoms with Gasteiger partial charge in [0.1, 0.15) is 6.61 Å². The van der Waals surface area contributed by atoms with E-state index in [0.29, 0.717) is 36.2 Å². The van der Waals surface area contributed by atoms with Crippen LogP contribution in [0.4, 0.5) is 0 Å². The van der Waals surface area contributed by atoms with Crippen LogP contribution in [-0.4, -0.2) is 36.0 Å². The Balaban J connectivity index is 1.68. The molecule has 27 heavy (non-hydrogen) atoms. The maximum absolute atomic E-state index is 12.8. The summed E-state index contributed by atoms with van der Waals surface area (Å²) in [6.45, 7) is 3.69. The molecule has 5 nitrogen and oxygen atoms in total. The third kappa shape index (κ3) is 5.22. The maximum Gasteiger partial charge on any atom is 0.253 e. The van der Waals surface area contributed by atoms with Gasteiger partial charge in [0, 0.05) is 31.5 Å². The van der Waals surface area contributed by atoms with E-state index in [1.807, 2.05) is 43.1 Å². The van der Waals surface area contributed by atoms with Gasteiger partial charge in [-0.3, -0.25) is 9.78 Å². The molecular formula is C22H28N2O3. The first-order valence-electron chi connectivity index (χ1n) is 9.71. The molecule has 0 atom stereocenters. The van der Waals surface area contributed by atoms with Gasteiger partial charge in [0.25, 0.3) is 5.91 Å². The van der Waals surface area contributed by atoms with Gasteiger partial charge in [-0.05, 0) is 61.6 Å². The lowest BCUT2D eigenvalue weighted by Crippen LogP contribution is -2.31. The number of nitrogens with zero attached hydrogens (tertiary/aromatic N) is 2. The van der Waals surface area contributed by atoms with E-state index in [4.69, 9.17) is 9.47 Å². The van der Waals surface area contributed by atoms with Crippen LogP contribution in [0.15, 0.2) is 42.7 Å². The van der Waals surface area contributed by atoms with Crippen LogP contribution in [0.1, 0.15) is 48.5 Å². The first-order valence-corrected chi connectivity index (χ1v) is 9.71. The Hall–Kier alpha value is -2.56. The van der Waals surface area contributed by atoms with Crippen molar-refractivity contribution in [2.45, 2.75) is 39.2 Å². The molecule has 0 aliphatic heterocycles. The summed E-state index contributed by atoms with van der Waals surface area (Å²) in [5, 5.41) is 0. The van der Waals surface area contributed by atoms with E-state index < -0.39 is 0 Å². The van der Waals surface area contributed by atoms with Gasteiger partial charge in [0.15, 0.2) is 11.5 Å². The molecule has 144 valence electrons. The fourth-order valence-electron chi connectivity index (χ4n) is 3.55. The smallest absolute Gasteiger partial charge is 0.253 e. The van der Waals surface area contributed by atoms with Crippen LogP contribution in [0.5, 0.6) is 11.5 Å². The van der Waals surface area contributed by atoms with E-state index in [2.05, 4.69) is 4.98 Å². The van der Waals surface area contributed by atoms with Crippen LogP contribution in [0, 0.1) is 5.92 Å². The molecule has 1 heterocycles. The Morgan fingerprint density at radius 2 is 1.85 bits per heavy atom. The summed E-state index contributed by atoms with van der Waals surface area (Å²) < 4.78 is 11.6. The van der Waals surface area contributed by atoms with E-state index in [9.17, 15) is 4.79 Å². The number of hydrogen-bond acceptors (Lipinski definition) is 4. The standard InChI is InChI=1S/C22H28N2O3/c1-3-26-21-14-19(22(25)24(2)15-17-6-4-5-7-17)8-9-20(21)27-16-18-10-12-23-13-11-18/h8-14,17H,3-7,15-16H2,1-2H3. The van der Waals surface area contributed by atoms with Crippen molar-refractivity contribution < 1.29 is 14.3 Å². The quantitative estimate of drug-likeness (QED) is 0.696. The third-order valence-electron chi connectivity index (χ3n) is 4.99. The molecule has 0 bridgehead atoms. The number of carbonyl (C=O) groups is 1. The third-order valence-corrected chi connectivity index (χ3v) is 4.99. The van der Waals surface area contributed by atoms with Crippen LogP contribution in [-0.2, 0) is 6.61 Å². The molecule has 1 aromatic carbocycles. The Morgan fingerprint density at radius 1 is 1.11 bits per heavy atom. The van der Waals surface area contributed by atoms with Crippen molar-refractivity contribution in [3.05, 3.63) is 53.9 Å². The van der Waals surface area contributed by atoms with Crippen LogP contribution in [0.3, 0.4) is 0 Å². The summed E-state index contributed by atoms with van der Waals surface area (Å²) in [6, 6.07) is 9.26. The minimum atomic E-state index is 0.0311. The highest BCUT2D eigenvalue weighted by atomic mass is 16.5. The molecule has 1 amide bonds. The highest BCUT2D eigenvalue weighted by Crippen LogP contribution is 2.30. The van der Waals surface area contributed by atoms with E-state index >= 15 is 0 Å². The van der Waals surface area contributed by atoms with Gasteiger partial charge in [-0.25, -0.2) is 0 Å². The lowest BCUT2D eigenvalue weighted by Gasteiger charge is -2.22. The molecule has 0 unspecified atom stereocenters. The lowest BCUT2D eigenvalue weighted by atomic mass is 10.1. The highest BCUT2D eigenvalue weighted by molar-refractivity contribution is 5.94. The van der Waals surface area contributed by atoms with E-state index in [1.54, 1.807) is 18.5 Å². The van der Waals surface area contributed by atoms with Gasteiger partial charge in [-0.2, -0.15) is 0 Å². The molecule has 1 saturated carbocycles. The first kappa shape index (κ1) is 19.2. The number of benzene rings is 1. The summed E-state index contributed by atoms with van der Waals surface area (Å²) in [4.78, 5) is 18.6. The van der Waals surface area contributed by atoms with Gasteiger partial charge < -0.3 is 14.4 Å². The van der Waals surface area contributed by atoms with Crippen LogP contribution in [0.25, 0.3) is 0 Å². The molecule has 0 saturated heterocycles. The second-order valence-corrected chi connectivity index (χ2v) is 7.07. The molecule has 1 fully saturated rings. The van der Waals surface area contributed by atoms with Crippen LogP contribution >= 0.6 is 0 Å². The zero-order chi connectivity index (χ0) is 19.1. The Kier molecular flexibility index (Phi) is 6.69. The molecule has 0 N–H and O–H groups in total. The van der Waals surface area contributed by atoms with Crippen molar-refractivity contribution in [1.82, 2.24) is 9.88 Å². The molecule has 0 radical (unpaired) electrons. The Bertz CT molecular complexity index is 742. The van der Waals surface area contributed by atoms with Gasteiger partial charge >= 0.3 is 0 Å². The number of rotatable bonds is 8. The van der Waals surface area contributed by atoms with E-state index in [1.165, 1.54) is 25.7 Å². The van der Waals surface area contributed by atoms with Crippen molar-refractivity contribution in [2.24, 2.45) is 5.92 Å². The highest BCUT2D eigenvalue weighted by Gasteiger charge is 2.21. The summed E-state index contributed by atoms with van der Waals surface area (Å²) in [5.41, 5.74) is 1.67. The van der Waals surface area contributed by atoms with Crippen molar-refractivity contribution in [3.63, 3.8) is 0 Å². The lowest BCUT2D eigenvalue weighted by molar-refractivity contribution is 0.0772. The molecule has 0 spiro atoms. The van der Waals surface area contributed by atoms with Crippen molar-refractivity contribution in [3.8, 4) is 11.5 Å². The molecular weight excluding hydrogens is 340 g/mol. The molecule has 2 aromatic rings. The number of amides is 1. The number of ether oxygens (including phenoxy) is 2. The largest absolute Gasteiger partial charge is 0.490 e. The molecule has 5 heteroatoms. The fraction of sp³-hybridized carbons (Fsp3) is 0.455. The average molecular weight is 368 g/mol. The molecule has 1 aliphatic rings. The van der Waals surface area contributed by atoms with Crippen LogP contribution in [0.2, 0.25) is 0 Å². The van der Waals surface area contributed by atoms with Gasteiger partial charge in [0.2, 0.25) is 0 Å². The second-order valence-electron chi connectivity index (χ2n) is 7.07. The summed E-state index contributed by atoms with van der Waals surface area (Å²) in [6.07, 6.45) is 8.50. The minimum Gasteiger partial charge on any atom is -0.490 e. The minimum absolute atomic E-state index is 0.0311. The topological polar surface area (TPSA) is 51.7 Å². The maximum atomic E-state index is 12.8. The van der Waals surface area contributed by atoms with Gasteiger partial charge in [-0.1, -0.05) is 12.8 Å². The van der Waals surface area contributed by atoms with Crippen molar-refractivity contribution in [2.75, 3.05) is 20.2 Å². The Labute approximate surface area is 161 Å². The summed E-state index contributed by atoms with van der Waals surface area (Å²) in [7, 11) is 1.88. The monoisotopic (exact) mass is 368 g/mol. The second kappa shape index (κ2) is 9.40. The van der Waals surface area contributed by atoms with E-state index in [0.717, 1.165) is 12.1 Å². The summed E-state index contributed by atoms with van der Waals surface area (Å²) in [5.74, 6) is 1.91. The predicted octanol–water partition coefficient (Wildman–Crippen LogP) is 4.32. The first-order chi connectivity index (χ1) is 13.2. The normalized spacial score (nSPS) is 14.1. The molecule has 1 aromatic heterocycles. The van der Waals surface area contributed by atoms with Crippen LogP contribution < -0.4 is 9.47 Å². The fourth-order valence-corrected chi connectivity index (χ4v) is 3.55. The van der Waals surface area contributed by atoms with Gasteiger partial charge in [0.05, 0.1) is 6.61 Å². The SMILES string of the molecule is CCOc1cc(C(=O)N(C)CC2CCCC2)ccc1OCc1ccncc1. The molecule has 3 rings (SSSR count). The zero-order valence-electron chi connectivity index (χ0n) is 16.2. The number of carbonyl (C=O) groups excluding carboxylic acids is 1.